The van der Waals surface area contributed by atoms with Crippen LogP contribution in [0.5, 0.6) is 17.2 Å². The van der Waals surface area contributed by atoms with E-state index < -0.39 is 5.91 Å². The number of hydrogen-bond acceptors (Lipinski definition) is 7. The Morgan fingerprint density at radius 1 is 1.12 bits per heavy atom. The van der Waals surface area contributed by atoms with Crippen LogP contribution in [0, 0.1) is 18.3 Å². The van der Waals surface area contributed by atoms with Gasteiger partial charge in [0.05, 0.1) is 6.61 Å². The van der Waals surface area contributed by atoms with E-state index in [0.29, 0.717) is 42.6 Å². The minimum absolute atomic E-state index is 0.0883. The first-order chi connectivity index (χ1) is 16.0. The highest BCUT2D eigenvalue weighted by Crippen LogP contribution is 2.29. The zero-order chi connectivity index (χ0) is 23.6. The molecule has 0 bridgehead atoms. The number of aryl methyl sites for hydroxylation is 1. The predicted octanol–water partition coefficient (Wildman–Crippen LogP) is 5.15. The van der Waals surface area contributed by atoms with Crippen molar-refractivity contribution in [3.8, 4) is 23.3 Å². The second-order valence-corrected chi connectivity index (χ2v) is 7.65. The first-order valence-corrected chi connectivity index (χ1v) is 10.9. The van der Waals surface area contributed by atoms with Gasteiger partial charge in [-0.2, -0.15) is 5.26 Å². The Morgan fingerprint density at radius 3 is 2.55 bits per heavy atom. The van der Waals surface area contributed by atoms with Crippen molar-refractivity contribution in [1.29, 1.82) is 5.26 Å². The molecule has 0 spiro atoms. The SMILES string of the molecule is CCOc1cc(C=C(C#N)C(=O)Nc2cc(C)on2)ccc1OCCOc1ccc(Br)cc1. The van der Waals surface area contributed by atoms with Crippen LogP contribution in [0.2, 0.25) is 0 Å². The summed E-state index contributed by atoms with van der Waals surface area (Å²) in [7, 11) is 0. The van der Waals surface area contributed by atoms with Gasteiger partial charge in [0.25, 0.3) is 5.91 Å². The third-order valence-corrected chi connectivity index (χ3v) is 4.77. The highest BCUT2D eigenvalue weighted by molar-refractivity contribution is 9.10. The Bertz CT molecular complexity index is 1170. The van der Waals surface area contributed by atoms with Crippen molar-refractivity contribution in [2.24, 2.45) is 0 Å². The van der Waals surface area contributed by atoms with Gasteiger partial charge in [-0.15, -0.1) is 0 Å². The Hall–Kier alpha value is -3.77. The van der Waals surface area contributed by atoms with Crippen LogP contribution in [0.15, 0.2) is 63.1 Å². The van der Waals surface area contributed by atoms with Crippen LogP contribution in [-0.4, -0.2) is 30.9 Å². The molecule has 170 valence electrons. The molecule has 1 N–H and O–H groups in total. The normalized spacial score (nSPS) is 10.9. The predicted molar refractivity (Wildman–Crippen MR) is 126 cm³/mol. The second kappa shape index (κ2) is 11.7. The van der Waals surface area contributed by atoms with E-state index in [0.717, 1.165) is 10.2 Å². The zero-order valence-corrected chi connectivity index (χ0v) is 19.7. The molecule has 0 aliphatic carbocycles. The molecular formula is C24H22BrN3O5. The van der Waals surface area contributed by atoms with Crippen LogP contribution in [0.25, 0.3) is 6.08 Å². The van der Waals surface area contributed by atoms with E-state index in [1.807, 2.05) is 37.3 Å². The topological polar surface area (TPSA) is 107 Å². The number of anilines is 1. The maximum atomic E-state index is 12.4. The number of nitriles is 1. The lowest BCUT2D eigenvalue weighted by Crippen LogP contribution is -2.13. The van der Waals surface area contributed by atoms with E-state index in [2.05, 4.69) is 26.4 Å². The molecule has 33 heavy (non-hydrogen) atoms. The van der Waals surface area contributed by atoms with Gasteiger partial charge in [-0.1, -0.05) is 27.2 Å². The van der Waals surface area contributed by atoms with Crippen LogP contribution >= 0.6 is 15.9 Å². The summed E-state index contributed by atoms with van der Waals surface area (Å²) in [4.78, 5) is 12.4. The van der Waals surface area contributed by atoms with Gasteiger partial charge in [-0.25, -0.2) is 0 Å². The maximum Gasteiger partial charge on any atom is 0.267 e. The highest BCUT2D eigenvalue weighted by atomic mass is 79.9. The summed E-state index contributed by atoms with van der Waals surface area (Å²) in [6.45, 7) is 4.66. The van der Waals surface area contributed by atoms with Crippen molar-refractivity contribution < 1.29 is 23.5 Å². The first-order valence-electron chi connectivity index (χ1n) is 10.1. The smallest absolute Gasteiger partial charge is 0.267 e. The average molecular weight is 512 g/mol. The van der Waals surface area contributed by atoms with Crippen molar-refractivity contribution in [3.05, 3.63) is 69.9 Å². The van der Waals surface area contributed by atoms with Gasteiger partial charge in [-0.05, 0) is 61.9 Å². The van der Waals surface area contributed by atoms with Crippen LogP contribution in [0.3, 0.4) is 0 Å². The van der Waals surface area contributed by atoms with E-state index >= 15 is 0 Å². The number of carbonyl (C=O) groups is 1. The van der Waals surface area contributed by atoms with Gasteiger partial charge in [0.2, 0.25) is 0 Å². The molecule has 8 nitrogen and oxygen atoms in total. The minimum Gasteiger partial charge on any atom is -0.490 e. The molecule has 0 radical (unpaired) electrons. The summed E-state index contributed by atoms with van der Waals surface area (Å²) in [5, 5.41) is 15.7. The fourth-order valence-corrected chi connectivity index (χ4v) is 3.03. The number of nitrogens with one attached hydrogen (secondary N) is 1. The number of benzene rings is 2. The minimum atomic E-state index is -0.589. The van der Waals surface area contributed by atoms with Crippen molar-refractivity contribution in [3.63, 3.8) is 0 Å². The molecule has 0 saturated heterocycles. The molecule has 0 unspecified atom stereocenters. The highest BCUT2D eigenvalue weighted by Gasteiger charge is 2.13. The number of hydrogen-bond donors (Lipinski definition) is 1. The molecule has 9 heteroatoms. The molecule has 0 aliphatic heterocycles. The van der Waals surface area contributed by atoms with E-state index in [-0.39, 0.29) is 11.4 Å². The van der Waals surface area contributed by atoms with Gasteiger partial charge in [0.15, 0.2) is 17.3 Å². The van der Waals surface area contributed by atoms with E-state index in [4.69, 9.17) is 18.7 Å². The number of carbonyl (C=O) groups excluding carboxylic acids is 1. The molecule has 0 saturated carbocycles. The number of halogens is 1. The van der Waals surface area contributed by atoms with Gasteiger partial charge in [0, 0.05) is 10.5 Å². The first kappa shape index (κ1) is 23.9. The van der Waals surface area contributed by atoms with Gasteiger partial charge in [-0.3, -0.25) is 4.79 Å². The number of aromatic nitrogens is 1. The molecular weight excluding hydrogens is 490 g/mol. The summed E-state index contributed by atoms with van der Waals surface area (Å²) in [5.41, 5.74) is 0.523. The Kier molecular flexibility index (Phi) is 8.49. The van der Waals surface area contributed by atoms with Crippen LogP contribution in [0.1, 0.15) is 18.2 Å². The summed E-state index contributed by atoms with van der Waals surface area (Å²) < 4.78 is 23.0. The number of nitrogens with zero attached hydrogens (tertiary/aromatic N) is 2. The molecule has 3 aromatic rings. The zero-order valence-electron chi connectivity index (χ0n) is 18.1. The lowest BCUT2D eigenvalue weighted by molar-refractivity contribution is -0.112. The Balaban J connectivity index is 1.65. The Morgan fingerprint density at radius 2 is 1.88 bits per heavy atom. The van der Waals surface area contributed by atoms with Gasteiger partial charge >= 0.3 is 0 Å². The molecule has 3 rings (SSSR count). The molecule has 1 aromatic heterocycles. The number of amides is 1. The summed E-state index contributed by atoms with van der Waals surface area (Å²) in [6.07, 6.45) is 1.46. The lowest BCUT2D eigenvalue weighted by Gasteiger charge is -2.13. The lowest BCUT2D eigenvalue weighted by atomic mass is 10.1. The molecule has 0 aliphatic rings. The third kappa shape index (κ3) is 7.12. The largest absolute Gasteiger partial charge is 0.490 e. The third-order valence-electron chi connectivity index (χ3n) is 4.24. The van der Waals surface area contributed by atoms with E-state index in [1.165, 1.54) is 6.08 Å². The number of ether oxygens (including phenoxy) is 3. The molecule has 0 fully saturated rings. The van der Waals surface area contributed by atoms with Crippen LogP contribution < -0.4 is 19.5 Å². The fourth-order valence-electron chi connectivity index (χ4n) is 2.77. The van der Waals surface area contributed by atoms with Crippen molar-refractivity contribution in [2.45, 2.75) is 13.8 Å². The number of rotatable bonds is 10. The average Bonchev–Trinajstić information content (AvgIpc) is 3.21. The molecule has 1 amide bonds. The maximum absolute atomic E-state index is 12.4. The standard InChI is InChI=1S/C24H22BrN3O5/c1-3-30-22-14-17(13-18(15-26)24(29)27-23-12-16(2)33-28-23)4-9-21(22)32-11-10-31-20-7-5-19(25)6-8-20/h4-9,12-14H,3,10-11H2,1-2H3,(H,27,28,29). The van der Waals surface area contributed by atoms with Crippen LogP contribution in [-0.2, 0) is 4.79 Å². The molecule has 1 heterocycles. The molecule has 2 aromatic carbocycles. The molecule has 0 atom stereocenters. The second-order valence-electron chi connectivity index (χ2n) is 6.74. The fraction of sp³-hybridized carbons (Fsp3) is 0.208. The summed E-state index contributed by atoms with van der Waals surface area (Å²) in [5.74, 6) is 1.98. The van der Waals surface area contributed by atoms with E-state index in [9.17, 15) is 10.1 Å². The van der Waals surface area contributed by atoms with E-state index in [1.54, 1.807) is 31.2 Å². The van der Waals surface area contributed by atoms with Gasteiger partial charge in [0.1, 0.15) is 36.4 Å². The quantitative estimate of drug-likeness (QED) is 0.228. The van der Waals surface area contributed by atoms with Gasteiger partial charge < -0.3 is 24.1 Å². The summed E-state index contributed by atoms with van der Waals surface area (Å²) >= 11 is 3.38. The van der Waals surface area contributed by atoms with Crippen LogP contribution in [0.4, 0.5) is 5.82 Å². The Labute approximate surface area is 199 Å². The van der Waals surface area contributed by atoms with Crippen molar-refractivity contribution >= 4 is 33.7 Å². The monoisotopic (exact) mass is 511 g/mol. The van der Waals surface area contributed by atoms with Crippen molar-refractivity contribution in [2.75, 3.05) is 25.1 Å². The van der Waals surface area contributed by atoms with Crippen molar-refractivity contribution in [1.82, 2.24) is 5.16 Å². The summed E-state index contributed by atoms with van der Waals surface area (Å²) in [6, 6.07) is 16.2.